The Morgan fingerprint density at radius 1 is 1.22 bits per heavy atom. The number of amides is 2. The molecule has 0 bridgehead atoms. The molecule has 27 heavy (non-hydrogen) atoms. The number of anilines is 1. The molecule has 3 rings (SSSR count). The van der Waals surface area contributed by atoms with E-state index in [0.29, 0.717) is 35.4 Å². The second-order valence-electron chi connectivity index (χ2n) is 6.25. The van der Waals surface area contributed by atoms with Crippen LogP contribution in [0.5, 0.6) is 11.5 Å². The van der Waals surface area contributed by atoms with Gasteiger partial charge in [-0.05, 0) is 31.2 Å². The Hall–Kier alpha value is -2.73. The summed E-state index contributed by atoms with van der Waals surface area (Å²) in [7, 11) is 1.68. The van der Waals surface area contributed by atoms with E-state index in [4.69, 9.17) is 21.1 Å². The molecule has 6 nitrogen and oxygen atoms in total. The van der Waals surface area contributed by atoms with Gasteiger partial charge in [0.15, 0.2) is 6.10 Å². The Kier molecular flexibility index (Phi) is 5.86. The number of benzene rings is 2. The van der Waals surface area contributed by atoms with Gasteiger partial charge in [0.1, 0.15) is 24.7 Å². The van der Waals surface area contributed by atoms with Gasteiger partial charge in [0, 0.05) is 7.05 Å². The van der Waals surface area contributed by atoms with Crippen LogP contribution in [0.4, 0.5) is 5.69 Å². The van der Waals surface area contributed by atoms with Crippen molar-refractivity contribution in [1.82, 2.24) is 4.90 Å². The quantitative estimate of drug-likeness (QED) is 0.763. The lowest BCUT2D eigenvalue weighted by Crippen LogP contribution is -2.49. The standard InChI is InChI=1S/C20H21ClN2O4/c1-14-20(25)23(16-8-4-6-10-18(16)27-14)13-19(24)22(2)11-12-26-17-9-5-3-7-15(17)21/h3-10,14H,11-13H2,1-2H3. The number of ether oxygens (including phenoxy) is 2. The van der Waals surface area contributed by atoms with Crippen LogP contribution in [0.15, 0.2) is 48.5 Å². The van der Waals surface area contributed by atoms with Crippen LogP contribution in [0, 0.1) is 0 Å². The van der Waals surface area contributed by atoms with E-state index in [1.807, 2.05) is 24.3 Å². The highest BCUT2D eigenvalue weighted by molar-refractivity contribution is 6.32. The Bertz CT molecular complexity index is 842. The molecule has 0 saturated carbocycles. The highest BCUT2D eigenvalue weighted by Gasteiger charge is 2.33. The van der Waals surface area contributed by atoms with Gasteiger partial charge in [0.05, 0.1) is 17.3 Å². The SMILES string of the molecule is CC1Oc2ccccc2N(CC(=O)N(C)CCOc2ccccc2Cl)C1=O. The summed E-state index contributed by atoms with van der Waals surface area (Å²) in [5.41, 5.74) is 0.606. The number of nitrogens with zero attached hydrogens (tertiary/aromatic N) is 2. The molecule has 0 aliphatic carbocycles. The summed E-state index contributed by atoms with van der Waals surface area (Å²) < 4.78 is 11.2. The summed E-state index contributed by atoms with van der Waals surface area (Å²) >= 11 is 6.05. The van der Waals surface area contributed by atoms with Crippen LogP contribution in [-0.4, -0.2) is 49.6 Å². The molecular formula is C20H21ClN2O4. The second-order valence-corrected chi connectivity index (χ2v) is 6.65. The largest absolute Gasteiger partial charge is 0.490 e. The van der Waals surface area contributed by atoms with Crippen molar-refractivity contribution in [2.24, 2.45) is 0 Å². The van der Waals surface area contributed by atoms with Crippen molar-refractivity contribution in [2.75, 3.05) is 31.6 Å². The van der Waals surface area contributed by atoms with E-state index in [-0.39, 0.29) is 18.4 Å². The molecule has 2 aromatic carbocycles. The Balaban J connectivity index is 1.59. The molecule has 0 radical (unpaired) electrons. The molecule has 0 aromatic heterocycles. The lowest BCUT2D eigenvalue weighted by Gasteiger charge is -2.33. The molecule has 1 aliphatic rings. The fourth-order valence-electron chi connectivity index (χ4n) is 2.76. The fourth-order valence-corrected chi connectivity index (χ4v) is 2.95. The van der Waals surface area contributed by atoms with Crippen LogP contribution in [-0.2, 0) is 9.59 Å². The molecule has 0 spiro atoms. The highest BCUT2D eigenvalue weighted by atomic mass is 35.5. The maximum absolute atomic E-state index is 12.6. The summed E-state index contributed by atoms with van der Waals surface area (Å²) in [6.07, 6.45) is -0.624. The first kappa shape index (κ1) is 19.0. The summed E-state index contributed by atoms with van der Waals surface area (Å²) in [6.45, 7) is 2.30. The summed E-state index contributed by atoms with van der Waals surface area (Å²) in [4.78, 5) is 28.1. The first-order valence-electron chi connectivity index (χ1n) is 8.65. The van der Waals surface area contributed by atoms with Crippen molar-refractivity contribution in [3.63, 3.8) is 0 Å². The van der Waals surface area contributed by atoms with Gasteiger partial charge in [-0.1, -0.05) is 35.9 Å². The van der Waals surface area contributed by atoms with Crippen LogP contribution < -0.4 is 14.4 Å². The molecular weight excluding hydrogens is 368 g/mol. The zero-order chi connectivity index (χ0) is 19.4. The average Bonchev–Trinajstić information content (AvgIpc) is 2.66. The molecule has 2 aromatic rings. The minimum atomic E-state index is -0.624. The van der Waals surface area contributed by atoms with Gasteiger partial charge in [0.2, 0.25) is 5.91 Å². The molecule has 0 N–H and O–H groups in total. The topological polar surface area (TPSA) is 59.1 Å². The minimum absolute atomic E-state index is 0.0495. The smallest absolute Gasteiger partial charge is 0.268 e. The first-order valence-corrected chi connectivity index (χ1v) is 9.03. The molecule has 1 atom stereocenters. The van der Waals surface area contributed by atoms with E-state index >= 15 is 0 Å². The van der Waals surface area contributed by atoms with E-state index < -0.39 is 6.10 Å². The van der Waals surface area contributed by atoms with Crippen LogP contribution in [0.2, 0.25) is 5.02 Å². The third-order valence-electron chi connectivity index (χ3n) is 4.31. The first-order chi connectivity index (χ1) is 13.0. The van der Waals surface area contributed by atoms with E-state index in [9.17, 15) is 9.59 Å². The highest BCUT2D eigenvalue weighted by Crippen LogP contribution is 2.33. The fraction of sp³-hybridized carbons (Fsp3) is 0.300. The zero-order valence-electron chi connectivity index (χ0n) is 15.2. The number of likely N-dealkylation sites (N-methyl/N-ethyl adjacent to an activating group) is 1. The number of para-hydroxylation sites is 3. The van der Waals surface area contributed by atoms with Crippen molar-refractivity contribution in [3.05, 3.63) is 53.6 Å². The number of carbonyl (C=O) groups excluding carboxylic acids is 2. The molecule has 0 fully saturated rings. The lowest BCUT2D eigenvalue weighted by atomic mass is 10.2. The van der Waals surface area contributed by atoms with Gasteiger partial charge in [-0.3, -0.25) is 14.5 Å². The van der Waals surface area contributed by atoms with Crippen LogP contribution in [0.25, 0.3) is 0 Å². The van der Waals surface area contributed by atoms with E-state index in [1.54, 1.807) is 38.2 Å². The van der Waals surface area contributed by atoms with Gasteiger partial charge in [-0.25, -0.2) is 0 Å². The molecule has 0 saturated heterocycles. The Labute approximate surface area is 163 Å². The van der Waals surface area contributed by atoms with Crippen molar-refractivity contribution >= 4 is 29.1 Å². The predicted molar refractivity (Wildman–Crippen MR) is 103 cm³/mol. The minimum Gasteiger partial charge on any atom is -0.490 e. The van der Waals surface area contributed by atoms with Crippen LogP contribution >= 0.6 is 11.6 Å². The Morgan fingerprint density at radius 2 is 1.93 bits per heavy atom. The van der Waals surface area contributed by atoms with Crippen molar-refractivity contribution in [2.45, 2.75) is 13.0 Å². The van der Waals surface area contributed by atoms with E-state index in [2.05, 4.69) is 0 Å². The molecule has 7 heteroatoms. The van der Waals surface area contributed by atoms with Gasteiger partial charge < -0.3 is 14.4 Å². The molecule has 1 heterocycles. The third kappa shape index (κ3) is 4.34. The number of hydrogen-bond acceptors (Lipinski definition) is 4. The lowest BCUT2D eigenvalue weighted by molar-refractivity contribution is -0.132. The number of hydrogen-bond donors (Lipinski definition) is 0. The van der Waals surface area contributed by atoms with Crippen LogP contribution in [0.1, 0.15) is 6.92 Å². The van der Waals surface area contributed by atoms with Gasteiger partial charge in [-0.2, -0.15) is 0 Å². The molecule has 2 amide bonds. The Morgan fingerprint density at radius 3 is 2.70 bits per heavy atom. The summed E-state index contributed by atoms with van der Waals surface area (Å²) in [6, 6.07) is 14.4. The zero-order valence-corrected chi connectivity index (χ0v) is 16.0. The number of carbonyl (C=O) groups is 2. The average molecular weight is 389 g/mol. The van der Waals surface area contributed by atoms with Crippen LogP contribution in [0.3, 0.4) is 0 Å². The van der Waals surface area contributed by atoms with E-state index in [0.717, 1.165) is 0 Å². The number of rotatable bonds is 6. The summed E-state index contributed by atoms with van der Waals surface area (Å²) in [5.74, 6) is 0.756. The summed E-state index contributed by atoms with van der Waals surface area (Å²) in [5, 5.41) is 0.524. The van der Waals surface area contributed by atoms with Crippen molar-refractivity contribution in [3.8, 4) is 11.5 Å². The number of halogens is 1. The van der Waals surface area contributed by atoms with Crippen molar-refractivity contribution in [1.29, 1.82) is 0 Å². The monoisotopic (exact) mass is 388 g/mol. The van der Waals surface area contributed by atoms with Gasteiger partial charge in [-0.15, -0.1) is 0 Å². The molecule has 1 aliphatic heterocycles. The maximum Gasteiger partial charge on any atom is 0.268 e. The normalized spacial score (nSPS) is 15.7. The van der Waals surface area contributed by atoms with E-state index in [1.165, 1.54) is 9.80 Å². The molecule has 142 valence electrons. The number of fused-ring (bicyclic) bond motifs is 1. The van der Waals surface area contributed by atoms with Gasteiger partial charge in [0.25, 0.3) is 5.91 Å². The predicted octanol–water partition coefficient (Wildman–Crippen LogP) is 2.99. The molecule has 1 unspecified atom stereocenters. The third-order valence-corrected chi connectivity index (χ3v) is 4.63. The van der Waals surface area contributed by atoms with Gasteiger partial charge >= 0.3 is 0 Å². The maximum atomic E-state index is 12.6. The van der Waals surface area contributed by atoms with Crippen molar-refractivity contribution < 1.29 is 19.1 Å². The second kappa shape index (κ2) is 8.31.